The molecule has 2 rings (SSSR count). The lowest BCUT2D eigenvalue weighted by atomic mass is 10.2. The van der Waals surface area contributed by atoms with E-state index in [1.165, 1.54) is 18.2 Å². The SMILES string of the molecule is N#Cc1nc2ccc(C(F)F)cc2o1. The second-order valence-corrected chi connectivity index (χ2v) is 2.66. The fraction of sp³-hybridized carbons (Fsp3) is 0.111. The van der Waals surface area contributed by atoms with Crippen LogP contribution in [-0.4, -0.2) is 4.98 Å². The van der Waals surface area contributed by atoms with Gasteiger partial charge in [-0.25, -0.2) is 8.78 Å². The predicted octanol–water partition coefficient (Wildman–Crippen LogP) is 2.64. The molecule has 0 bridgehead atoms. The highest BCUT2D eigenvalue weighted by Crippen LogP contribution is 2.23. The van der Waals surface area contributed by atoms with E-state index in [0.717, 1.165) is 0 Å². The van der Waals surface area contributed by atoms with Gasteiger partial charge in [0.25, 0.3) is 6.43 Å². The van der Waals surface area contributed by atoms with Gasteiger partial charge in [-0.1, -0.05) is 6.07 Å². The number of rotatable bonds is 1. The third-order valence-electron chi connectivity index (χ3n) is 1.76. The number of nitrogens with zero attached hydrogens (tertiary/aromatic N) is 2. The molecule has 0 amide bonds. The van der Waals surface area contributed by atoms with Crippen molar-refractivity contribution in [3.63, 3.8) is 0 Å². The normalized spacial score (nSPS) is 10.7. The summed E-state index contributed by atoms with van der Waals surface area (Å²) in [5, 5.41) is 8.46. The van der Waals surface area contributed by atoms with Crippen molar-refractivity contribution < 1.29 is 13.2 Å². The summed E-state index contributed by atoms with van der Waals surface area (Å²) < 4.78 is 29.4. The topological polar surface area (TPSA) is 49.8 Å². The fourth-order valence-corrected chi connectivity index (χ4v) is 1.12. The molecule has 2 aromatic rings. The molecule has 0 saturated heterocycles. The first kappa shape index (κ1) is 8.63. The van der Waals surface area contributed by atoms with Crippen LogP contribution < -0.4 is 0 Å². The number of oxazole rings is 1. The van der Waals surface area contributed by atoms with Crippen LogP contribution in [0.2, 0.25) is 0 Å². The molecule has 0 unspecified atom stereocenters. The summed E-state index contributed by atoms with van der Waals surface area (Å²) in [7, 11) is 0. The number of hydrogen-bond acceptors (Lipinski definition) is 3. The molecule has 0 aliphatic rings. The Morgan fingerprint density at radius 3 is 2.86 bits per heavy atom. The van der Waals surface area contributed by atoms with Gasteiger partial charge >= 0.3 is 5.89 Å². The first-order valence-electron chi connectivity index (χ1n) is 3.79. The molecule has 5 heteroatoms. The van der Waals surface area contributed by atoms with Gasteiger partial charge in [0.15, 0.2) is 11.7 Å². The van der Waals surface area contributed by atoms with E-state index in [-0.39, 0.29) is 17.0 Å². The zero-order valence-electron chi connectivity index (χ0n) is 6.87. The van der Waals surface area contributed by atoms with Crippen LogP contribution in [0.25, 0.3) is 11.1 Å². The van der Waals surface area contributed by atoms with Gasteiger partial charge in [0, 0.05) is 5.56 Å². The second-order valence-electron chi connectivity index (χ2n) is 2.66. The van der Waals surface area contributed by atoms with Crippen LogP contribution in [0.15, 0.2) is 22.6 Å². The minimum absolute atomic E-state index is 0.119. The maximum atomic E-state index is 12.3. The van der Waals surface area contributed by atoms with Crippen LogP contribution >= 0.6 is 0 Å². The molecule has 0 atom stereocenters. The van der Waals surface area contributed by atoms with Crippen molar-refractivity contribution >= 4 is 11.1 Å². The van der Waals surface area contributed by atoms with Crippen molar-refractivity contribution in [2.75, 3.05) is 0 Å². The number of nitriles is 1. The number of alkyl halides is 2. The van der Waals surface area contributed by atoms with E-state index < -0.39 is 6.43 Å². The van der Waals surface area contributed by atoms with Crippen LogP contribution in [0.4, 0.5) is 8.78 Å². The van der Waals surface area contributed by atoms with E-state index in [0.29, 0.717) is 5.52 Å². The van der Waals surface area contributed by atoms with E-state index in [1.807, 2.05) is 0 Å². The minimum Gasteiger partial charge on any atom is -0.428 e. The third kappa shape index (κ3) is 1.31. The van der Waals surface area contributed by atoms with Gasteiger partial charge in [-0.15, -0.1) is 0 Å². The summed E-state index contributed by atoms with van der Waals surface area (Å²) in [6.45, 7) is 0. The van der Waals surface area contributed by atoms with E-state index >= 15 is 0 Å². The number of hydrogen-bond donors (Lipinski definition) is 0. The molecule has 0 aliphatic heterocycles. The zero-order chi connectivity index (χ0) is 10.1. The van der Waals surface area contributed by atoms with Gasteiger partial charge in [-0.3, -0.25) is 0 Å². The molecule has 14 heavy (non-hydrogen) atoms. The first-order chi connectivity index (χ1) is 6.70. The minimum atomic E-state index is -2.55. The van der Waals surface area contributed by atoms with Crippen molar-refractivity contribution in [3.8, 4) is 6.07 Å². The van der Waals surface area contributed by atoms with Crippen LogP contribution in [0.5, 0.6) is 0 Å². The Bertz CT molecular complexity index is 513. The average Bonchev–Trinajstić information content (AvgIpc) is 2.58. The van der Waals surface area contributed by atoms with Crippen molar-refractivity contribution in [3.05, 3.63) is 29.7 Å². The van der Waals surface area contributed by atoms with Crippen LogP contribution in [0.1, 0.15) is 17.9 Å². The lowest BCUT2D eigenvalue weighted by molar-refractivity contribution is 0.151. The van der Waals surface area contributed by atoms with Crippen LogP contribution in [0, 0.1) is 11.3 Å². The Balaban J connectivity index is 2.61. The molecule has 1 heterocycles. The van der Waals surface area contributed by atoms with Crippen molar-refractivity contribution in [2.45, 2.75) is 6.43 Å². The Labute approximate surface area is 77.6 Å². The molecule has 1 aromatic heterocycles. The first-order valence-corrected chi connectivity index (χ1v) is 3.79. The van der Waals surface area contributed by atoms with Crippen LogP contribution in [0.3, 0.4) is 0 Å². The summed E-state index contributed by atoms with van der Waals surface area (Å²) in [6.07, 6.45) is -2.55. The summed E-state index contributed by atoms with van der Waals surface area (Å²) in [6, 6.07) is 5.55. The number of aromatic nitrogens is 1. The van der Waals surface area contributed by atoms with Crippen molar-refractivity contribution in [1.29, 1.82) is 5.26 Å². The van der Waals surface area contributed by atoms with Gasteiger partial charge < -0.3 is 4.42 Å². The van der Waals surface area contributed by atoms with E-state index in [1.54, 1.807) is 6.07 Å². The summed E-state index contributed by atoms with van der Waals surface area (Å²) in [5.74, 6) is -0.119. The average molecular weight is 194 g/mol. The van der Waals surface area contributed by atoms with Crippen molar-refractivity contribution in [1.82, 2.24) is 4.98 Å². The molecular formula is C9H4F2N2O. The molecule has 0 spiro atoms. The zero-order valence-corrected chi connectivity index (χ0v) is 6.87. The van der Waals surface area contributed by atoms with Gasteiger partial charge in [-0.05, 0) is 12.1 Å². The molecule has 3 nitrogen and oxygen atoms in total. The Morgan fingerprint density at radius 2 is 2.21 bits per heavy atom. The molecule has 0 radical (unpaired) electrons. The largest absolute Gasteiger partial charge is 0.428 e. The Morgan fingerprint density at radius 1 is 1.43 bits per heavy atom. The lowest BCUT2D eigenvalue weighted by Gasteiger charge is -1.96. The number of halogens is 2. The standard InChI is InChI=1S/C9H4F2N2O/c10-9(11)5-1-2-6-7(3-5)14-8(4-12)13-6/h1-3,9H. The van der Waals surface area contributed by atoms with E-state index in [9.17, 15) is 8.78 Å². The highest BCUT2D eigenvalue weighted by molar-refractivity contribution is 5.73. The molecule has 0 N–H and O–H groups in total. The highest BCUT2D eigenvalue weighted by Gasteiger charge is 2.10. The molecule has 70 valence electrons. The number of benzene rings is 1. The summed E-state index contributed by atoms with van der Waals surface area (Å²) in [4.78, 5) is 3.76. The lowest BCUT2D eigenvalue weighted by Crippen LogP contribution is -1.81. The fourth-order valence-electron chi connectivity index (χ4n) is 1.12. The van der Waals surface area contributed by atoms with Gasteiger partial charge in [0.2, 0.25) is 0 Å². The van der Waals surface area contributed by atoms with E-state index in [2.05, 4.69) is 4.98 Å². The number of fused-ring (bicyclic) bond motifs is 1. The maximum Gasteiger partial charge on any atom is 0.301 e. The second kappa shape index (κ2) is 3.07. The Kier molecular flexibility index (Phi) is 1.89. The molecule has 0 fully saturated rings. The smallest absolute Gasteiger partial charge is 0.301 e. The third-order valence-corrected chi connectivity index (χ3v) is 1.76. The predicted molar refractivity (Wildman–Crippen MR) is 43.7 cm³/mol. The maximum absolute atomic E-state index is 12.3. The quantitative estimate of drug-likeness (QED) is 0.701. The molecular weight excluding hydrogens is 190 g/mol. The molecule has 0 saturated carbocycles. The van der Waals surface area contributed by atoms with Crippen LogP contribution in [-0.2, 0) is 0 Å². The molecule has 0 aliphatic carbocycles. The van der Waals surface area contributed by atoms with Gasteiger partial charge in [0.1, 0.15) is 5.52 Å². The highest BCUT2D eigenvalue weighted by atomic mass is 19.3. The monoisotopic (exact) mass is 194 g/mol. The molecule has 1 aromatic carbocycles. The van der Waals surface area contributed by atoms with Crippen molar-refractivity contribution in [2.24, 2.45) is 0 Å². The van der Waals surface area contributed by atoms with Gasteiger partial charge in [0.05, 0.1) is 0 Å². The summed E-state index contributed by atoms with van der Waals surface area (Å²) in [5.41, 5.74) is 0.475. The summed E-state index contributed by atoms with van der Waals surface area (Å²) >= 11 is 0. The Hall–Kier alpha value is -1.96. The van der Waals surface area contributed by atoms with Gasteiger partial charge in [-0.2, -0.15) is 10.2 Å². The van der Waals surface area contributed by atoms with E-state index in [4.69, 9.17) is 9.68 Å².